The quantitative estimate of drug-likeness (QED) is 0.194. The monoisotopic (exact) mass is 902 g/mol. The largest absolute Gasteiger partial charge is 0.497 e. The molecule has 346 valence electrons. The van der Waals surface area contributed by atoms with Crippen molar-refractivity contribution in [3.63, 3.8) is 0 Å². The maximum Gasteiger partial charge on any atom is 0.408 e. The minimum Gasteiger partial charge on any atom is -0.497 e. The van der Waals surface area contributed by atoms with E-state index in [1.807, 2.05) is 57.2 Å². The summed E-state index contributed by atoms with van der Waals surface area (Å²) in [6.45, 7) is 14.5. The Bertz CT molecular complexity index is 2410. The number of rotatable bonds is 10. The zero-order chi connectivity index (χ0) is 46.4. The first-order valence-electron chi connectivity index (χ1n) is 22.2. The fraction of sp³-hybridized carbons (Fsp3) is 0.574. The van der Waals surface area contributed by atoms with Crippen LogP contribution < -0.4 is 29.6 Å². The number of aromatic nitrogens is 2. The number of sulfonamides is 1. The van der Waals surface area contributed by atoms with E-state index in [-0.39, 0.29) is 43.2 Å². The van der Waals surface area contributed by atoms with Crippen LogP contribution in [0.1, 0.15) is 100 Å². The minimum absolute atomic E-state index is 0.0115. The number of pyridine rings is 2. The molecule has 0 bridgehead atoms. The number of methoxy groups -OCH3 is 1. The third-order valence-corrected chi connectivity index (χ3v) is 14.8. The molecule has 0 spiro atoms. The molecule has 4 amide bonds. The summed E-state index contributed by atoms with van der Waals surface area (Å²) >= 11 is 0. The van der Waals surface area contributed by atoms with Gasteiger partial charge >= 0.3 is 6.09 Å². The molecule has 3 fully saturated rings. The number of fused-ring (bicyclic) bond motifs is 3. The van der Waals surface area contributed by atoms with E-state index in [4.69, 9.17) is 23.9 Å². The average Bonchev–Trinajstić information content (AvgIpc) is 4.10. The van der Waals surface area contributed by atoms with E-state index in [0.717, 1.165) is 11.8 Å². The van der Waals surface area contributed by atoms with Crippen molar-refractivity contribution in [3.05, 3.63) is 54.7 Å². The summed E-state index contributed by atoms with van der Waals surface area (Å²) < 4.78 is 51.5. The standard InChI is InChI=1S/C47H62N6O10S/c1-27(2)61-38-17-14-30(25-48-38)36-22-31-21-33(60-9)15-16-35(31)41(49-36)62-34-23-37-40(54)51-47(43(56)52-64(58,59)46(8)18-19-46)24-32(47)13-11-10-12-28(3)20-29(4)39(42(55)53(37)26-34)50-44(57)63-45(5,6)7/h11,13-17,21-22,25,27-29,32,34,37,39H,10,12,18-20,23-24,26H2,1-9H3,(H,50,57)(H,51,54)(H,52,56). The first-order chi connectivity index (χ1) is 30.1. The van der Waals surface area contributed by atoms with Crippen molar-refractivity contribution >= 4 is 44.6 Å². The Labute approximate surface area is 375 Å². The van der Waals surface area contributed by atoms with Crippen molar-refractivity contribution in [2.75, 3.05) is 13.7 Å². The molecule has 1 aromatic carbocycles. The molecule has 3 aromatic rings. The van der Waals surface area contributed by atoms with Gasteiger partial charge in [-0.15, -0.1) is 0 Å². The number of alkyl carbamates (subject to hydrolysis) is 1. The zero-order valence-corrected chi connectivity index (χ0v) is 39.0. The number of nitrogens with zero attached hydrogens (tertiary/aromatic N) is 3. The molecule has 7 rings (SSSR count). The second kappa shape index (κ2) is 17.8. The Morgan fingerprint density at radius 3 is 2.45 bits per heavy atom. The van der Waals surface area contributed by atoms with Gasteiger partial charge in [0.2, 0.25) is 33.6 Å². The van der Waals surface area contributed by atoms with Gasteiger partial charge in [0, 0.05) is 35.6 Å². The molecule has 17 heteroatoms. The number of hydrogen-bond donors (Lipinski definition) is 3. The molecule has 4 aliphatic rings. The number of carbonyl (C=O) groups excluding carboxylic acids is 4. The summed E-state index contributed by atoms with van der Waals surface area (Å²) in [5.74, 6) is -1.41. The van der Waals surface area contributed by atoms with E-state index in [1.54, 1.807) is 53.1 Å². The maximum atomic E-state index is 15.1. The van der Waals surface area contributed by atoms with Gasteiger partial charge in [-0.1, -0.05) is 26.0 Å². The second-order valence-electron chi connectivity index (χ2n) is 19.5. The lowest BCUT2D eigenvalue weighted by atomic mass is 9.88. The van der Waals surface area contributed by atoms with E-state index in [1.165, 1.54) is 4.90 Å². The predicted molar refractivity (Wildman–Crippen MR) is 240 cm³/mol. The van der Waals surface area contributed by atoms with Crippen LogP contribution in [-0.4, -0.2) is 101 Å². The van der Waals surface area contributed by atoms with Crippen LogP contribution in [0.2, 0.25) is 0 Å². The van der Waals surface area contributed by atoms with Gasteiger partial charge in [-0.25, -0.2) is 23.2 Å². The van der Waals surface area contributed by atoms with Crippen molar-refractivity contribution < 1.29 is 46.5 Å². The van der Waals surface area contributed by atoms with Crippen LogP contribution in [0, 0.1) is 17.8 Å². The highest BCUT2D eigenvalue weighted by atomic mass is 32.2. The highest BCUT2D eigenvalue weighted by Gasteiger charge is 2.63. The van der Waals surface area contributed by atoms with Gasteiger partial charge < -0.3 is 34.5 Å². The summed E-state index contributed by atoms with van der Waals surface area (Å²) in [4.78, 5) is 68.1. The van der Waals surface area contributed by atoms with Gasteiger partial charge in [-0.05, 0) is 128 Å². The smallest absolute Gasteiger partial charge is 0.408 e. The van der Waals surface area contributed by atoms with Gasteiger partial charge in [-0.2, -0.15) is 0 Å². The highest BCUT2D eigenvalue weighted by molar-refractivity contribution is 7.91. The Hall–Kier alpha value is -5.45. The average molecular weight is 903 g/mol. The molecule has 3 N–H and O–H groups in total. The summed E-state index contributed by atoms with van der Waals surface area (Å²) in [5.41, 5.74) is -1.18. The molecule has 16 nitrogen and oxygen atoms in total. The molecule has 2 saturated carbocycles. The predicted octanol–water partition coefficient (Wildman–Crippen LogP) is 6.22. The number of benzene rings is 1. The number of nitrogens with one attached hydrogen (secondary N) is 3. The third-order valence-electron chi connectivity index (χ3n) is 12.6. The van der Waals surface area contributed by atoms with E-state index in [0.29, 0.717) is 54.0 Å². The highest BCUT2D eigenvalue weighted by Crippen LogP contribution is 2.48. The summed E-state index contributed by atoms with van der Waals surface area (Å²) in [7, 11) is -2.46. The van der Waals surface area contributed by atoms with Crippen molar-refractivity contribution in [1.82, 2.24) is 30.2 Å². The van der Waals surface area contributed by atoms with Crippen LogP contribution in [0.3, 0.4) is 0 Å². The Balaban J connectivity index is 1.26. The van der Waals surface area contributed by atoms with Gasteiger partial charge in [0.05, 0.1) is 30.2 Å². The lowest BCUT2D eigenvalue weighted by Gasteiger charge is -2.33. The first-order valence-corrected chi connectivity index (χ1v) is 23.7. The topological polar surface area (TPSA) is 204 Å². The molecule has 4 heterocycles. The number of ether oxygens (including phenoxy) is 4. The molecular weight excluding hydrogens is 841 g/mol. The minimum atomic E-state index is -4.03. The first kappa shape index (κ1) is 46.5. The van der Waals surface area contributed by atoms with E-state index >= 15 is 4.79 Å². The number of allylic oxidation sites excluding steroid dienone is 1. The van der Waals surface area contributed by atoms with Crippen molar-refractivity contribution in [3.8, 4) is 28.8 Å². The van der Waals surface area contributed by atoms with Crippen LogP contribution in [0.15, 0.2) is 54.7 Å². The third kappa shape index (κ3) is 10.2. The van der Waals surface area contributed by atoms with Crippen LogP contribution in [0.4, 0.5) is 4.79 Å². The van der Waals surface area contributed by atoms with E-state index in [2.05, 4.69) is 27.3 Å². The molecule has 0 radical (unpaired) electrons. The molecule has 1 saturated heterocycles. The van der Waals surface area contributed by atoms with E-state index in [9.17, 15) is 22.8 Å². The molecule has 2 aliphatic heterocycles. The SMILES string of the molecule is COc1ccc2c(OC3CC4C(=O)NC5(C(=O)NS(=O)(=O)C6(C)CC6)CC5C=CCCC(C)CC(C)C(NC(=O)OC(C)(C)C)C(=O)N4C3)nc(-c3ccc(OC(C)C)nc3)cc2c1. The number of carbonyl (C=O) groups is 4. The fourth-order valence-electron chi connectivity index (χ4n) is 8.60. The Kier molecular flexibility index (Phi) is 13.0. The van der Waals surface area contributed by atoms with Crippen LogP contribution in [-0.2, 0) is 29.1 Å². The van der Waals surface area contributed by atoms with Gasteiger partial charge in [-0.3, -0.25) is 19.1 Å². The molecular formula is C47H62N6O10S. The lowest BCUT2D eigenvalue weighted by molar-refractivity contribution is -0.142. The molecule has 2 aromatic heterocycles. The Morgan fingerprint density at radius 2 is 1.80 bits per heavy atom. The van der Waals surface area contributed by atoms with Gasteiger partial charge in [0.15, 0.2) is 0 Å². The summed E-state index contributed by atoms with van der Waals surface area (Å²) in [5, 5.41) is 7.17. The van der Waals surface area contributed by atoms with Crippen molar-refractivity contribution in [2.45, 2.75) is 141 Å². The second-order valence-corrected chi connectivity index (χ2v) is 21.7. The maximum absolute atomic E-state index is 15.1. The number of amides is 4. The van der Waals surface area contributed by atoms with Crippen molar-refractivity contribution in [2.24, 2.45) is 17.8 Å². The van der Waals surface area contributed by atoms with Gasteiger partial charge in [0.1, 0.15) is 35.1 Å². The van der Waals surface area contributed by atoms with Gasteiger partial charge in [0.25, 0.3) is 5.91 Å². The molecule has 2 aliphatic carbocycles. The lowest BCUT2D eigenvalue weighted by Crippen LogP contribution is -2.59. The van der Waals surface area contributed by atoms with E-state index < -0.39 is 73.8 Å². The summed E-state index contributed by atoms with van der Waals surface area (Å²) in [6.07, 6.45) is 6.84. The van der Waals surface area contributed by atoms with Crippen LogP contribution in [0.5, 0.6) is 17.5 Å². The Morgan fingerprint density at radius 1 is 1.05 bits per heavy atom. The number of hydrogen-bond acceptors (Lipinski definition) is 12. The fourth-order valence-corrected chi connectivity index (χ4v) is 9.91. The molecule has 7 atom stereocenters. The molecule has 7 unspecified atom stereocenters. The van der Waals surface area contributed by atoms with Crippen molar-refractivity contribution in [1.29, 1.82) is 0 Å². The van der Waals surface area contributed by atoms with Crippen LogP contribution in [0.25, 0.3) is 22.0 Å². The summed E-state index contributed by atoms with van der Waals surface area (Å²) in [6, 6.07) is 8.70. The van der Waals surface area contributed by atoms with Crippen LogP contribution >= 0.6 is 0 Å². The zero-order valence-electron chi connectivity index (χ0n) is 38.2. The normalized spacial score (nSPS) is 27.0. The molecule has 64 heavy (non-hydrogen) atoms.